The van der Waals surface area contributed by atoms with Crippen LogP contribution in [-0.4, -0.2) is 30.7 Å². The summed E-state index contributed by atoms with van der Waals surface area (Å²) in [4.78, 5) is 35.4. The van der Waals surface area contributed by atoms with Crippen LogP contribution in [0.4, 0.5) is 0 Å². The Morgan fingerprint density at radius 2 is 1.75 bits per heavy atom. The van der Waals surface area contributed by atoms with Gasteiger partial charge in [-0.25, -0.2) is 0 Å². The number of rotatable bonds is 2. The zero-order chi connectivity index (χ0) is 17.1. The Morgan fingerprint density at radius 1 is 1.00 bits per heavy atom. The summed E-state index contributed by atoms with van der Waals surface area (Å²) in [5.74, 6) is -0.787. The highest BCUT2D eigenvalue weighted by atomic mass is 32.1. The van der Waals surface area contributed by atoms with Gasteiger partial charge in [-0.3, -0.25) is 14.4 Å². The normalized spacial score (nSPS) is 19.8. The van der Waals surface area contributed by atoms with Gasteiger partial charge in [-0.05, 0) is 22.9 Å². The van der Waals surface area contributed by atoms with Crippen LogP contribution in [0.3, 0.4) is 0 Å². The first kappa shape index (κ1) is 16.4. The minimum atomic E-state index is -0.537. The van der Waals surface area contributed by atoms with Gasteiger partial charge in [-0.15, -0.1) is 22.7 Å². The number of Topliss-reactive ketones (excluding diaryl/α,β-unsaturated/α-hetero) is 1. The Bertz CT molecular complexity index is 779. The van der Waals surface area contributed by atoms with Crippen LogP contribution in [0.15, 0.2) is 40.7 Å². The first-order valence-electron chi connectivity index (χ1n) is 7.22. The Labute approximate surface area is 146 Å². The maximum atomic E-state index is 11.2. The maximum absolute atomic E-state index is 11.2. The number of hydrogen-bond donors (Lipinski definition) is 3. The van der Waals surface area contributed by atoms with Crippen molar-refractivity contribution in [3.8, 4) is 0 Å². The van der Waals surface area contributed by atoms with Crippen LogP contribution < -0.4 is 16.4 Å². The van der Waals surface area contributed by atoms with Gasteiger partial charge < -0.3 is 16.4 Å². The lowest BCUT2D eigenvalue weighted by molar-refractivity contribution is -0.124. The Kier molecular flexibility index (Phi) is 4.77. The molecule has 2 aromatic heterocycles. The summed E-state index contributed by atoms with van der Waals surface area (Å²) in [7, 11) is 0. The van der Waals surface area contributed by atoms with Gasteiger partial charge in [0, 0.05) is 15.5 Å². The summed E-state index contributed by atoms with van der Waals surface area (Å²) in [6, 6.07) is 7.47. The molecule has 2 aliphatic heterocycles. The average molecular weight is 361 g/mol. The number of amides is 2. The average Bonchev–Trinajstić information content (AvgIpc) is 3.31. The summed E-state index contributed by atoms with van der Waals surface area (Å²) >= 11 is 2.97. The standard InChI is InChI=1S/C8H8N2OS.C8H7NO2S/c9-5-4-10-8(11)7(5)6-2-1-3-12-6;10-5-4-9-8(11)7(5)6-2-1-3-12-6/h1-3H,4,9H2,(H,10,11);1-3,7H,4H2,(H,9,11). The van der Waals surface area contributed by atoms with E-state index in [0.29, 0.717) is 17.8 Å². The smallest absolute Gasteiger partial charge is 0.254 e. The molecule has 4 rings (SSSR count). The van der Waals surface area contributed by atoms with Crippen LogP contribution in [-0.2, 0) is 14.4 Å². The van der Waals surface area contributed by atoms with Crippen molar-refractivity contribution in [1.82, 2.24) is 10.6 Å². The van der Waals surface area contributed by atoms with Crippen LogP contribution in [0, 0.1) is 0 Å². The van der Waals surface area contributed by atoms with Crippen molar-refractivity contribution in [2.45, 2.75) is 5.92 Å². The molecular formula is C16H15N3O3S2. The number of nitrogens with two attached hydrogens (primary N) is 1. The summed E-state index contributed by atoms with van der Waals surface area (Å²) in [5, 5.41) is 9.00. The number of thiophene rings is 2. The van der Waals surface area contributed by atoms with Crippen molar-refractivity contribution >= 4 is 45.8 Å². The molecule has 0 spiro atoms. The molecule has 0 bridgehead atoms. The van der Waals surface area contributed by atoms with E-state index in [2.05, 4.69) is 10.6 Å². The van der Waals surface area contributed by atoms with E-state index in [1.807, 2.05) is 35.0 Å². The zero-order valence-electron chi connectivity index (χ0n) is 12.6. The molecule has 0 aliphatic carbocycles. The number of hydrogen-bond acceptors (Lipinski definition) is 6. The molecule has 1 unspecified atom stereocenters. The third-order valence-corrected chi connectivity index (χ3v) is 5.43. The second kappa shape index (κ2) is 6.98. The number of carbonyl (C=O) groups excluding carboxylic acids is 3. The van der Waals surface area contributed by atoms with Gasteiger partial charge >= 0.3 is 0 Å². The van der Waals surface area contributed by atoms with E-state index in [9.17, 15) is 14.4 Å². The van der Waals surface area contributed by atoms with E-state index in [1.54, 1.807) is 0 Å². The Morgan fingerprint density at radius 3 is 2.25 bits per heavy atom. The second-order valence-corrected chi connectivity index (χ2v) is 7.12. The van der Waals surface area contributed by atoms with Gasteiger partial charge in [0.25, 0.3) is 5.91 Å². The minimum Gasteiger partial charge on any atom is -0.400 e. The topological polar surface area (TPSA) is 101 Å². The highest BCUT2D eigenvalue weighted by Gasteiger charge is 2.34. The lowest BCUT2D eigenvalue weighted by Gasteiger charge is -1.99. The second-order valence-electron chi connectivity index (χ2n) is 5.19. The monoisotopic (exact) mass is 361 g/mol. The molecule has 4 N–H and O–H groups in total. The molecule has 1 atom stereocenters. The molecule has 2 aliphatic rings. The molecule has 2 amide bonds. The third kappa shape index (κ3) is 3.24. The van der Waals surface area contributed by atoms with Crippen LogP contribution >= 0.6 is 22.7 Å². The van der Waals surface area contributed by atoms with Crippen molar-refractivity contribution in [3.05, 3.63) is 50.5 Å². The number of nitrogens with one attached hydrogen (secondary N) is 2. The van der Waals surface area contributed by atoms with Gasteiger partial charge in [0.15, 0.2) is 5.78 Å². The summed E-state index contributed by atoms with van der Waals surface area (Å²) in [6.07, 6.45) is 0. The fourth-order valence-electron chi connectivity index (χ4n) is 2.46. The molecule has 0 aromatic carbocycles. The lowest BCUT2D eigenvalue weighted by Crippen LogP contribution is -2.17. The van der Waals surface area contributed by atoms with E-state index in [4.69, 9.17) is 5.73 Å². The van der Waals surface area contributed by atoms with Crippen molar-refractivity contribution in [3.63, 3.8) is 0 Å². The quantitative estimate of drug-likeness (QED) is 0.697. The third-order valence-electron chi connectivity index (χ3n) is 3.60. The van der Waals surface area contributed by atoms with Crippen molar-refractivity contribution in [2.24, 2.45) is 5.73 Å². The highest BCUT2D eigenvalue weighted by Crippen LogP contribution is 2.25. The maximum Gasteiger partial charge on any atom is 0.254 e. The van der Waals surface area contributed by atoms with Gasteiger partial charge in [-0.2, -0.15) is 0 Å². The van der Waals surface area contributed by atoms with Gasteiger partial charge in [-0.1, -0.05) is 12.1 Å². The van der Waals surface area contributed by atoms with Crippen molar-refractivity contribution < 1.29 is 14.4 Å². The fourth-order valence-corrected chi connectivity index (χ4v) is 4.11. The van der Waals surface area contributed by atoms with Crippen molar-refractivity contribution in [1.29, 1.82) is 0 Å². The predicted molar refractivity (Wildman–Crippen MR) is 93.5 cm³/mol. The summed E-state index contributed by atoms with van der Waals surface area (Å²) in [5.41, 5.74) is 6.95. The van der Waals surface area contributed by atoms with E-state index in [1.165, 1.54) is 22.7 Å². The minimum absolute atomic E-state index is 0.0255. The zero-order valence-corrected chi connectivity index (χ0v) is 14.2. The molecule has 24 heavy (non-hydrogen) atoms. The molecule has 4 heterocycles. The van der Waals surface area contributed by atoms with Crippen LogP contribution in [0.5, 0.6) is 0 Å². The molecule has 1 saturated heterocycles. The predicted octanol–water partition coefficient (Wildman–Crippen LogP) is 1.08. The molecule has 124 valence electrons. The molecular weight excluding hydrogens is 346 g/mol. The molecule has 2 aromatic rings. The Balaban J connectivity index is 0.000000141. The molecule has 0 saturated carbocycles. The lowest BCUT2D eigenvalue weighted by atomic mass is 10.1. The molecule has 1 fully saturated rings. The number of ketones is 1. The van der Waals surface area contributed by atoms with Gasteiger partial charge in [0.2, 0.25) is 5.91 Å². The van der Waals surface area contributed by atoms with Crippen LogP contribution in [0.2, 0.25) is 0 Å². The molecule has 8 heteroatoms. The highest BCUT2D eigenvalue weighted by molar-refractivity contribution is 7.11. The van der Waals surface area contributed by atoms with Gasteiger partial charge in [0.1, 0.15) is 5.92 Å². The summed E-state index contributed by atoms with van der Waals surface area (Å²) in [6.45, 7) is 0.660. The SMILES string of the molecule is NC1=C(c2cccs2)C(=O)NC1.O=C1CNC(=O)C1c1cccs1. The van der Waals surface area contributed by atoms with Crippen LogP contribution in [0.1, 0.15) is 15.7 Å². The fraction of sp³-hybridized carbons (Fsp3) is 0.188. The first-order valence-corrected chi connectivity index (χ1v) is 8.98. The molecule has 6 nitrogen and oxygen atoms in total. The first-order chi connectivity index (χ1) is 11.6. The Hall–Kier alpha value is -2.45. The largest absolute Gasteiger partial charge is 0.400 e. The van der Waals surface area contributed by atoms with Crippen molar-refractivity contribution in [2.75, 3.05) is 13.1 Å². The van der Waals surface area contributed by atoms with E-state index >= 15 is 0 Å². The van der Waals surface area contributed by atoms with E-state index < -0.39 is 5.92 Å². The van der Waals surface area contributed by atoms with E-state index in [0.717, 1.165) is 9.75 Å². The van der Waals surface area contributed by atoms with E-state index in [-0.39, 0.29) is 24.1 Å². The van der Waals surface area contributed by atoms with Gasteiger partial charge in [0.05, 0.1) is 18.7 Å². The summed E-state index contributed by atoms with van der Waals surface area (Å²) < 4.78 is 0. The molecule has 0 radical (unpaired) electrons. The van der Waals surface area contributed by atoms with Crippen LogP contribution in [0.25, 0.3) is 5.57 Å². The number of carbonyl (C=O) groups is 3.